The summed E-state index contributed by atoms with van der Waals surface area (Å²) in [4.78, 5) is 1.34. The molecular weight excluding hydrogens is 701 g/mol. The van der Waals surface area contributed by atoms with Crippen molar-refractivity contribution in [2.24, 2.45) is 0 Å². The lowest BCUT2D eigenvalue weighted by molar-refractivity contribution is 0.758. The van der Waals surface area contributed by atoms with Gasteiger partial charge in [0.05, 0.1) is 10.8 Å². The molecule has 2 aliphatic carbocycles. The van der Waals surface area contributed by atoms with Gasteiger partial charge in [0.25, 0.3) is 0 Å². The average Bonchev–Trinajstić information content (AvgIpc) is 3.96. The molecule has 0 N–H and O–H groups in total. The van der Waals surface area contributed by atoms with Crippen LogP contribution >= 0.6 is 22.7 Å². The summed E-state index contributed by atoms with van der Waals surface area (Å²) in [5.74, 6) is 0. The maximum absolute atomic E-state index is 2.64. The van der Waals surface area contributed by atoms with E-state index in [0.717, 1.165) is 0 Å². The molecular formula is C53H40S2. The molecule has 2 aliphatic rings. The molecule has 2 aromatic heterocycles. The lowest BCUT2D eigenvalue weighted by Gasteiger charge is -2.35. The van der Waals surface area contributed by atoms with E-state index in [-0.39, 0.29) is 0 Å². The van der Waals surface area contributed by atoms with E-state index in [2.05, 4.69) is 186 Å². The fraction of sp³-hybridized carbons (Fsp3) is 0.132. The maximum Gasteiger partial charge on any atom is 0.0714 e. The van der Waals surface area contributed by atoms with E-state index >= 15 is 0 Å². The fourth-order valence-electron chi connectivity index (χ4n) is 10.2. The normalized spacial score (nSPS) is 14.6. The third kappa shape index (κ3) is 4.38. The lowest BCUT2D eigenvalue weighted by atomic mass is 9.65. The highest BCUT2D eigenvalue weighted by atomic mass is 32.1. The van der Waals surface area contributed by atoms with Gasteiger partial charge in [-0.15, -0.1) is 22.7 Å². The van der Waals surface area contributed by atoms with E-state index in [9.17, 15) is 0 Å². The molecule has 0 fully saturated rings. The van der Waals surface area contributed by atoms with Crippen molar-refractivity contribution < 1.29 is 0 Å². The number of thiophene rings is 2. The third-order valence-electron chi connectivity index (χ3n) is 12.7. The van der Waals surface area contributed by atoms with Crippen molar-refractivity contribution in [3.63, 3.8) is 0 Å². The van der Waals surface area contributed by atoms with Crippen molar-refractivity contribution in [3.05, 3.63) is 223 Å². The standard InChI is InChI=1S/C53H40S2/c1-31-6-14-36(15-7-31)52(37-16-8-32(2)9-17-37)44-22-24-48-40(26-27-54-48)50(44)41-29-47-42(30-46(41)52)51-43-28-35(5)55-49(43)25-23-45(51)53(47,38-18-10-33(3)11-19-38)39-20-12-34(4)13-21-39/h6-30H,1-5H3. The summed E-state index contributed by atoms with van der Waals surface area (Å²) < 4.78 is 2.67. The van der Waals surface area contributed by atoms with Crippen molar-refractivity contribution in [1.29, 1.82) is 0 Å². The van der Waals surface area contributed by atoms with Crippen LogP contribution in [0.1, 0.15) is 71.6 Å². The van der Waals surface area contributed by atoms with Crippen LogP contribution in [0.5, 0.6) is 0 Å². The summed E-state index contributed by atoms with van der Waals surface area (Å²) >= 11 is 3.74. The minimum Gasteiger partial charge on any atom is -0.144 e. The molecule has 264 valence electrons. The first kappa shape index (κ1) is 32.9. The van der Waals surface area contributed by atoms with Gasteiger partial charge in [-0.25, -0.2) is 0 Å². The van der Waals surface area contributed by atoms with E-state index in [1.807, 2.05) is 22.7 Å². The Labute approximate surface area is 331 Å². The zero-order chi connectivity index (χ0) is 37.2. The van der Waals surface area contributed by atoms with Gasteiger partial charge in [0.2, 0.25) is 0 Å². The van der Waals surface area contributed by atoms with E-state index < -0.39 is 10.8 Å². The number of aryl methyl sites for hydroxylation is 5. The van der Waals surface area contributed by atoms with Gasteiger partial charge >= 0.3 is 0 Å². The van der Waals surface area contributed by atoms with Gasteiger partial charge in [0.15, 0.2) is 0 Å². The molecule has 0 amide bonds. The minimum atomic E-state index is -0.507. The second-order valence-corrected chi connectivity index (χ2v) is 18.2. The summed E-state index contributed by atoms with van der Waals surface area (Å²) in [7, 11) is 0. The van der Waals surface area contributed by atoms with Gasteiger partial charge in [-0.2, -0.15) is 0 Å². The van der Waals surface area contributed by atoms with Crippen molar-refractivity contribution in [3.8, 4) is 22.3 Å². The van der Waals surface area contributed by atoms with E-state index in [1.165, 1.54) is 114 Å². The zero-order valence-electron chi connectivity index (χ0n) is 31.8. The SMILES string of the molecule is Cc1ccc(C2(c3ccc(C)cc3)c3cc4c(cc3-c3c2ccc2sccc32)C(c2ccc(C)cc2)(c2ccc(C)cc2)c2ccc3sc(C)cc3c2-4)cc1. The Hall–Kier alpha value is -5.54. The van der Waals surface area contributed by atoms with Gasteiger partial charge < -0.3 is 0 Å². The molecule has 0 saturated heterocycles. The van der Waals surface area contributed by atoms with Crippen LogP contribution < -0.4 is 0 Å². The predicted octanol–water partition coefficient (Wildman–Crippen LogP) is 14.4. The molecule has 11 rings (SSSR count). The Bertz CT molecular complexity index is 2900. The highest BCUT2D eigenvalue weighted by Gasteiger charge is 2.52. The second-order valence-electron chi connectivity index (χ2n) is 16.0. The summed E-state index contributed by atoms with van der Waals surface area (Å²) in [5, 5.41) is 4.96. The van der Waals surface area contributed by atoms with Crippen LogP contribution in [0.15, 0.2) is 151 Å². The van der Waals surface area contributed by atoms with Crippen LogP contribution in [0, 0.1) is 34.6 Å². The monoisotopic (exact) mass is 740 g/mol. The molecule has 0 nitrogen and oxygen atoms in total. The van der Waals surface area contributed by atoms with E-state index in [1.54, 1.807) is 0 Å². The average molecular weight is 741 g/mol. The molecule has 0 unspecified atom stereocenters. The highest BCUT2D eigenvalue weighted by Crippen LogP contribution is 2.64. The Morgan fingerprint density at radius 1 is 0.364 bits per heavy atom. The number of rotatable bonds is 4. The topological polar surface area (TPSA) is 0 Å². The number of benzene rings is 7. The zero-order valence-corrected chi connectivity index (χ0v) is 33.4. The van der Waals surface area contributed by atoms with Crippen molar-refractivity contribution in [2.45, 2.75) is 45.4 Å². The van der Waals surface area contributed by atoms with Gasteiger partial charge in [0.1, 0.15) is 0 Å². The van der Waals surface area contributed by atoms with E-state index in [4.69, 9.17) is 0 Å². The van der Waals surface area contributed by atoms with Crippen LogP contribution in [-0.2, 0) is 10.8 Å². The summed E-state index contributed by atoms with van der Waals surface area (Å²) in [6.07, 6.45) is 0. The van der Waals surface area contributed by atoms with Crippen LogP contribution in [0.3, 0.4) is 0 Å². The Morgan fingerprint density at radius 3 is 1.20 bits per heavy atom. The van der Waals surface area contributed by atoms with Gasteiger partial charge in [-0.1, -0.05) is 131 Å². The number of hydrogen-bond acceptors (Lipinski definition) is 2. The van der Waals surface area contributed by atoms with Gasteiger partial charge in [0, 0.05) is 25.0 Å². The van der Waals surface area contributed by atoms with Gasteiger partial charge in [-0.05, 0) is 143 Å². The quantitative estimate of drug-likeness (QED) is 0.169. The van der Waals surface area contributed by atoms with Crippen LogP contribution in [0.25, 0.3) is 42.4 Å². The lowest BCUT2D eigenvalue weighted by Crippen LogP contribution is -2.30. The van der Waals surface area contributed by atoms with E-state index in [0.29, 0.717) is 0 Å². The number of hydrogen-bond donors (Lipinski definition) is 0. The molecule has 0 aliphatic heterocycles. The molecule has 9 aromatic rings. The molecule has 2 heteroatoms. The Balaban J connectivity index is 1.36. The van der Waals surface area contributed by atoms with Gasteiger partial charge in [-0.3, -0.25) is 0 Å². The first-order valence-electron chi connectivity index (χ1n) is 19.3. The largest absolute Gasteiger partial charge is 0.144 e. The molecule has 0 bridgehead atoms. The van der Waals surface area contributed by atoms with Crippen molar-refractivity contribution in [1.82, 2.24) is 0 Å². The van der Waals surface area contributed by atoms with Crippen LogP contribution in [0.4, 0.5) is 0 Å². The summed E-state index contributed by atoms with van der Waals surface area (Å²) in [6, 6.07) is 57.2. The Morgan fingerprint density at radius 2 is 0.764 bits per heavy atom. The van der Waals surface area contributed by atoms with Crippen LogP contribution in [-0.4, -0.2) is 0 Å². The van der Waals surface area contributed by atoms with Crippen molar-refractivity contribution in [2.75, 3.05) is 0 Å². The fourth-order valence-corrected chi connectivity index (χ4v) is 11.9. The highest BCUT2D eigenvalue weighted by molar-refractivity contribution is 7.19. The predicted molar refractivity (Wildman–Crippen MR) is 236 cm³/mol. The molecule has 7 aromatic carbocycles. The second kappa shape index (κ2) is 11.7. The third-order valence-corrected chi connectivity index (χ3v) is 14.6. The van der Waals surface area contributed by atoms with Crippen LogP contribution in [0.2, 0.25) is 0 Å². The first-order chi connectivity index (χ1) is 26.8. The first-order valence-corrected chi connectivity index (χ1v) is 21.0. The molecule has 0 atom stereocenters. The maximum atomic E-state index is 2.64. The molecule has 0 radical (unpaired) electrons. The molecule has 0 spiro atoms. The molecule has 55 heavy (non-hydrogen) atoms. The molecule has 2 heterocycles. The molecule has 0 saturated carbocycles. The smallest absolute Gasteiger partial charge is 0.0714 e. The number of fused-ring (bicyclic) bond motifs is 10. The summed E-state index contributed by atoms with van der Waals surface area (Å²) in [6.45, 7) is 11.0. The minimum absolute atomic E-state index is 0.505. The Kier molecular flexibility index (Phi) is 7.01. The van der Waals surface area contributed by atoms with Crippen molar-refractivity contribution >= 4 is 42.8 Å². The summed E-state index contributed by atoms with van der Waals surface area (Å²) in [5.41, 5.74) is 20.2.